The molecule has 14 aromatic carbocycles. The van der Waals surface area contributed by atoms with Crippen LogP contribution in [-0.2, 0) is 0 Å². The van der Waals surface area contributed by atoms with Gasteiger partial charge in [0.05, 0.1) is 34.6 Å². The third kappa shape index (κ3) is 25.1. The third-order valence-electron chi connectivity index (χ3n) is 18.6. The Morgan fingerprint density at radius 3 is 0.629 bits per heavy atom. The van der Waals surface area contributed by atoms with Gasteiger partial charge in [0.1, 0.15) is 11.5 Å². The zero-order valence-corrected chi connectivity index (χ0v) is 83.0. The zero-order valence-electron chi connectivity index (χ0n) is 68.7. The van der Waals surface area contributed by atoms with E-state index in [9.17, 15) is 182 Å². The molecule has 0 amide bonds. The molecular weight excluding hydrogens is 2450 g/mol. The summed E-state index contributed by atoms with van der Waals surface area (Å²) in [6.45, 7) is 0. The molecule has 728 valence electrons. The Labute approximate surface area is 856 Å². The predicted molar refractivity (Wildman–Crippen MR) is 518 cm³/mol. The summed E-state index contributed by atoms with van der Waals surface area (Å²) in [5.74, 6) is -21.5. The number of phenolic OH excluding ortho intramolecular Hbond substituents is 33. The molecule has 0 fully saturated rings. The highest BCUT2D eigenvalue weighted by atomic mass is 79.9. The van der Waals surface area contributed by atoms with Crippen molar-refractivity contribution in [2.75, 3.05) is 0 Å². The Morgan fingerprint density at radius 1 is 0.136 bits per heavy atom. The SMILES string of the molecule is O=C(c1cc(O)c(O)c(Br)c1Br)c1cc(O)c(O)c(Br)c1Br.O=C(c1cc(O)c(O)c(O)c1)c1cc(O)c(O)cc1O.O=C(c1cc(O)c(O)cc1Br)c1cc(O)c(O)cc1Br.O=C(c1ccc(O)c(O)c1)c1c(Br)c(O)c(O)c(O)c1Br.O=C(c1ccc(O)c(O)c1)c1cc(O)c(O)c(O)c1.O=C(c1ccc(O)c(O)c1)c1cc(O)c(O)cc1Br.O=C(c1ccc(O)c(O)c1)c1cc(O)c(O)cc1O. The summed E-state index contributed by atoms with van der Waals surface area (Å²) < 4.78 is 1.36. The van der Waals surface area contributed by atoms with E-state index in [1.807, 2.05) is 0 Å². The van der Waals surface area contributed by atoms with Crippen molar-refractivity contribution >= 4 is 184 Å². The molecule has 0 saturated heterocycles. The number of carbonyl (C=O) groups is 7. The summed E-state index contributed by atoms with van der Waals surface area (Å²) in [7, 11) is 0. The average molecular weight is 2510 g/mol. The Morgan fingerprint density at radius 2 is 0.336 bits per heavy atom. The molecule has 0 aromatic heterocycles. The fourth-order valence-corrected chi connectivity index (χ4v) is 16.0. The van der Waals surface area contributed by atoms with E-state index >= 15 is 0 Å². The fraction of sp³-hybridized carbons (Fsp3) is 0. The molecule has 49 heteroatoms. The fourth-order valence-electron chi connectivity index (χ4n) is 11.3. The maximum absolute atomic E-state index is 12.6. The van der Waals surface area contributed by atoms with Gasteiger partial charge in [-0.15, -0.1) is 0 Å². The van der Waals surface area contributed by atoms with Crippen LogP contribution in [0.3, 0.4) is 0 Å². The number of ketones is 7. The number of benzene rings is 14. The van der Waals surface area contributed by atoms with Gasteiger partial charge >= 0.3 is 0 Å². The first-order chi connectivity index (χ1) is 65.2. The average Bonchev–Trinajstić information content (AvgIpc) is 0.773. The first-order valence-corrected chi connectivity index (χ1v) is 44.3. The minimum absolute atomic E-state index is 0.00990. The van der Waals surface area contributed by atoms with E-state index < -0.39 is 190 Å². The van der Waals surface area contributed by atoms with Crippen molar-refractivity contribution in [2.24, 2.45) is 0 Å². The lowest BCUT2D eigenvalue weighted by Crippen LogP contribution is -2.04. The topological polar surface area (TPSA) is 787 Å². The lowest BCUT2D eigenvalue weighted by molar-refractivity contribution is 0.102. The highest BCUT2D eigenvalue weighted by molar-refractivity contribution is 9.13. The summed E-state index contributed by atoms with van der Waals surface area (Å²) in [5, 5.41) is 310. The number of hydrogen-bond donors (Lipinski definition) is 33. The molecule has 33 N–H and O–H groups in total. The van der Waals surface area contributed by atoms with Crippen molar-refractivity contribution in [1.82, 2.24) is 0 Å². The number of hydrogen-bond acceptors (Lipinski definition) is 40. The van der Waals surface area contributed by atoms with E-state index in [0.29, 0.717) is 4.47 Å². The minimum Gasteiger partial charge on any atom is -0.507 e. The van der Waals surface area contributed by atoms with Crippen molar-refractivity contribution in [3.8, 4) is 190 Å². The minimum atomic E-state index is -0.830. The van der Waals surface area contributed by atoms with Gasteiger partial charge in [-0.2, -0.15) is 0 Å². The van der Waals surface area contributed by atoms with Crippen LogP contribution in [0, 0.1) is 0 Å². The molecule has 0 heterocycles. The van der Waals surface area contributed by atoms with Crippen LogP contribution in [0.25, 0.3) is 0 Å². The molecule has 14 rings (SSSR count). The summed E-state index contributed by atoms with van der Waals surface area (Å²) in [5.41, 5.74) is -0.362. The van der Waals surface area contributed by atoms with Crippen molar-refractivity contribution in [1.29, 1.82) is 0 Å². The molecule has 0 unspecified atom stereocenters. The number of carbonyl (C=O) groups excluding carboxylic acids is 7. The van der Waals surface area contributed by atoms with Crippen LogP contribution in [0.2, 0.25) is 0 Å². The number of rotatable bonds is 14. The molecule has 14 aromatic rings. The Kier molecular flexibility index (Phi) is 35.8. The Bertz CT molecular complexity index is 7080. The Balaban J connectivity index is 0.000000200. The van der Waals surface area contributed by atoms with E-state index in [2.05, 4.69) is 143 Å². The number of phenols is 33. The highest BCUT2D eigenvalue weighted by Crippen LogP contribution is 2.52. The lowest BCUT2D eigenvalue weighted by atomic mass is 10.0. The summed E-state index contributed by atoms with van der Waals surface area (Å²) in [6.07, 6.45) is 0. The highest BCUT2D eigenvalue weighted by Gasteiger charge is 2.31. The maximum atomic E-state index is 12.6. The molecule has 0 bridgehead atoms. The summed E-state index contributed by atoms with van der Waals surface area (Å²) in [6, 6.07) is 30.2. The predicted octanol–water partition coefficient (Wildman–Crippen LogP) is 17.6. The van der Waals surface area contributed by atoms with E-state index in [1.165, 1.54) is 48.5 Å². The second kappa shape index (κ2) is 45.6. The van der Waals surface area contributed by atoms with E-state index in [1.54, 1.807) is 0 Å². The van der Waals surface area contributed by atoms with Crippen LogP contribution < -0.4 is 0 Å². The second-order valence-corrected chi connectivity index (χ2v) is 35.2. The Hall–Kier alpha value is -15.5. The summed E-state index contributed by atoms with van der Waals surface area (Å²) >= 11 is 27.7. The zero-order chi connectivity index (χ0) is 105. The van der Waals surface area contributed by atoms with Crippen LogP contribution in [0.15, 0.2) is 210 Å². The van der Waals surface area contributed by atoms with Gasteiger partial charge in [0, 0.05) is 95.7 Å². The van der Waals surface area contributed by atoms with Gasteiger partial charge in [-0.25, -0.2) is 0 Å². The van der Waals surface area contributed by atoms with Crippen molar-refractivity contribution in [3.05, 3.63) is 288 Å². The van der Waals surface area contributed by atoms with Crippen LogP contribution in [0.5, 0.6) is 190 Å². The van der Waals surface area contributed by atoms with E-state index in [-0.39, 0.29) is 154 Å². The molecule has 40 nitrogen and oxygen atoms in total. The van der Waals surface area contributed by atoms with Crippen LogP contribution in [-0.4, -0.2) is 209 Å². The molecular formula is C91H61Br9O40. The molecule has 0 aliphatic carbocycles. The molecule has 0 aliphatic heterocycles. The number of halogens is 9. The van der Waals surface area contributed by atoms with Gasteiger partial charge in [0.2, 0.25) is 5.75 Å². The molecule has 0 radical (unpaired) electrons. The first-order valence-electron chi connectivity index (χ1n) is 37.2. The normalized spacial score (nSPS) is 10.5. The third-order valence-corrected chi connectivity index (χ3v) is 26.3. The van der Waals surface area contributed by atoms with Crippen LogP contribution >= 0.6 is 143 Å². The van der Waals surface area contributed by atoms with Crippen molar-refractivity contribution < 1.29 is 202 Å². The van der Waals surface area contributed by atoms with E-state index in [4.69, 9.17) is 20.4 Å². The smallest absolute Gasteiger partial charge is 0.202 e. The van der Waals surface area contributed by atoms with Gasteiger partial charge in [-0.3, -0.25) is 33.6 Å². The lowest BCUT2D eigenvalue weighted by Gasteiger charge is -2.12. The van der Waals surface area contributed by atoms with Gasteiger partial charge in [0.15, 0.2) is 213 Å². The van der Waals surface area contributed by atoms with Crippen LogP contribution in [0.1, 0.15) is 111 Å². The molecule has 0 spiro atoms. The largest absolute Gasteiger partial charge is 0.507 e. The number of aromatic hydroxyl groups is 33. The monoisotopic (exact) mass is 2500 g/mol. The van der Waals surface area contributed by atoms with E-state index in [0.717, 1.165) is 121 Å². The first kappa shape index (κ1) is 110. The van der Waals surface area contributed by atoms with Crippen molar-refractivity contribution in [3.63, 3.8) is 0 Å². The van der Waals surface area contributed by atoms with Crippen LogP contribution in [0.4, 0.5) is 0 Å². The molecule has 0 saturated carbocycles. The molecule has 0 atom stereocenters. The van der Waals surface area contributed by atoms with Gasteiger partial charge in [0.25, 0.3) is 0 Å². The van der Waals surface area contributed by atoms with Gasteiger partial charge in [-0.05, 0) is 301 Å². The summed E-state index contributed by atoms with van der Waals surface area (Å²) in [4.78, 5) is 85.8. The van der Waals surface area contributed by atoms with Gasteiger partial charge in [-0.1, -0.05) is 0 Å². The quantitative estimate of drug-likeness (QED) is 0.0273. The van der Waals surface area contributed by atoms with Crippen molar-refractivity contribution in [2.45, 2.75) is 0 Å². The standard InChI is InChI=1S/C13H6Br4O5.C13H8Br2O6.C13H8Br2O5.C13H9BrO5.C13H10O7.2C13H10O6/c14-7-3(1-5(18)12(21)9(7)16)11(20)4-2-6(19)13(22)10(17)8(4)15;14-8-7(9(15)12(20)13(21)11(8)19)10(18)4-1-2-5(16)6(17)3-4;14-7-3-11(18)9(16)1-5(7)13(20)6-2-10(17)12(19)4-8(6)15;14-8-5-12(18)11(17)4-7(8)13(19)6-1-2-9(15)10(16)3-6;14-7-4-9(16)8(15)3-6(7)12(19)5-1-10(17)13(20)11(18)2-5;14-8-2-1-6(3-10(8)16)13(19)7-4-11(17)12(18)5-9(7)15;14-8-2-1-6(3-9(8)15)12(18)7-4-10(16)13(19)11(17)5-7/h1-2,18-19,21-22H;1-3,16-17,19-21H;1-4,16-19H;1-5,15-18H;1-4,14-18,20H;1-5,14-18H;1-5,14-17,19H. The molecule has 140 heavy (non-hydrogen) atoms. The molecule has 0 aliphatic rings. The maximum Gasteiger partial charge on any atom is 0.202 e. The van der Waals surface area contributed by atoms with Gasteiger partial charge < -0.3 is 169 Å². The second-order valence-electron chi connectivity index (χ2n) is 27.9.